The number of hydrogen-bond donors (Lipinski definition) is 4. The standard InChI is InChI=1S/C17H20N6O2/c1-17(2,3)23-15-13-14(19-9-18-13)21-16(22-15)20-11-6-4-10(5-7-11)8-12(24)25/h4-7,9H,8H2,1-3H3,(H,24,25)(H3,18,19,20,21,22,23). The van der Waals surface area contributed by atoms with Crippen LogP contribution in [0.3, 0.4) is 0 Å². The highest BCUT2D eigenvalue weighted by molar-refractivity contribution is 5.84. The van der Waals surface area contributed by atoms with Crippen LogP contribution >= 0.6 is 0 Å². The van der Waals surface area contributed by atoms with Gasteiger partial charge in [-0.25, -0.2) is 4.98 Å². The van der Waals surface area contributed by atoms with E-state index in [0.29, 0.717) is 17.4 Å². The van der Waals surface area contributed by atoms with E-state index >= 15 is 0 Å². The molecule has 0 radical (unpaired) electrons. The van der Waals surface area contributed by atoms with Gasteiger partial charge in [0.25, 0.3) is 0 Å². The van der Waals surface area contributed by atoms with E-state index in [2.05, 4.69) is 30.6 Å². The number of rotatable bonds is 5. The smallest absolute Gasteiger partial charge is 0.307 e. The first-order valence-electron chi connectivity index (χ1n) is 7.87. The molecular weight excluding hydrogens is 320 g/mol. The molecule has 130 valence electrons. The maximum atomic E-state index is 10.7. The van der Waals surface area contributed by atoms with Gasteiger partial charge in [-0.3, -0.25) is 4.79 Å². The van der Waals surface area contributed by atoms with Crippen molar-refractivity contribution >= 4 is 34.6 Å². The summed E-state index contributed by atoms with van der Waals surface area (Å²) in [5, 5.41) is 15.3. The molecule has 0 spiro atoms. The lowest BCUT2D eigenvalue weighted by atomic mass is 10.1. The molecule has 0 aliphatic carbocycles. The Morgan fingerprint density at radius 3 is 2.56 bits per heavy atom. The van der Waals surface area contributed by atoms with Gasteiger partial charge in [0, 0.05) is 11.2 Å². The molecule has 25 heavy (non-hydrogen) atoms. The Morgan fingerprint density at radius 1 is 1.20 bits per heavy atom. The molecule has 0 atom stereocenters. The second kappa shape index (κ2) is 6.39. The van der Waals surface area contributed by atoms with Gasteiger partial charge in [0.2, 0.25) is 5.95 Å². The number of aromatic amines is 1. The van der Waals surface area contributed by atoms with E-state index in [0.717, 1.165) is 16.8 Å². The van der Waals surface area contributed by atoms with Crippen LogP contribution in [0.4, 0.5) is 17.5 Å². The quantitative estimate of drug-likeness (QED) is 0.564. The van der Waals surface area contributed by atoms with Crippen LogP contribution in [0, 0.1) is 0 Å². The fourth-order valence-corrected chi connectivity index (χ4v) is 2.34. The van der Waals surface area contributed by atoms with Gasteiger partial charge in [0.1, 0.15) is 5.52 Å². The average molecular weight is 340 g/mol. The number of nitrogens with zero attached hydrogens (tertiary/aromatic N) is 3. The van der Waals surface area contributed by atoms with Crippen LogP contribution in [0.1, 0.15) is 26.3 Å². The molecule has 2 heterocycles. The molecule has 3 aromatic rings. The van der Waals surface area contributed by atoms with Gasteiger partial charge in [0.15, 0.2) is 11.5 Å². The van der Waals surface area contributed by atoms with Crippen LogP contribution in [0.2, 0.25) is 0 Å². The van der Waals surface area contributed by atoms with Crippen LogP contribution in [0.5, 0.6) is 0 Å². The monoisotopic (exact) mass is 340 g/mol. The minimum Gasteiger partial charge on any atom is -0.481 e. The van der Waals surface area contributed by atoms with Crippen molar-refractivity contribution < 1.29 is 9.90 Å². The van der Waals surface area contributed by atoms with E-state index in [4.69, 9.17) is 5.11 Å². The molecule has 0 aliphatic rings. The van der Waals surface area contributed by atoms with Crippen LogP contribution in [-0.2, 0) is 11.2 Å². The van der Waals surface area contributed by atoms with E-state index in [9.17, 15) is 4.79 Å². The van der Waals surface area contributed by atoms with Crippen molar-refractivity contribution in [3.63, 3.8) is 0 Å². The molecule has 8 heteroatoms. The number of aromatic nitrogens is 4. The minimum absolute atomic E-state index is 0.00431. The summed E-state index contributed by atoms with van der Waals surface area (Å²) in [7, 11) is 0. The second-order valence-electron chi connectivity index (χ2n) is 6.76. The highest BCUT2D eigenvalue weighted by Crippen LogP contribution is 2.23. The number of imidazole rings is 1. The number of carboxylic acid groups (broad SMARTS) is 1. The van der Waals surface area contributed by atoms with Crippen LogP contribution < -0.4 is 10.6 Å². The summed E-state index contributed by atoms with van der Waals surface area (Å²) < 4.78 is 0. The van der Waals surface area contributed by atoms with Crippen LogP contribution in [-0.4, -0.2) is 36.6 Å². The third-order valence-corrected chi connectivity index (χ3v) is 3.34. The molecule has 1 aromatic carbocycles. The lowest BCUT2D eigenvalue weighted by Crippen LogP contribution is -2.27. The number of benzene rings is 1. The fraction of sp³-hybridized carbons (Fsp3) is 0.294. The molecule has 0 saturated heterocycles. The lowest BCUT2D eigenvalue weighted by molar-refractivity contribution is -0.136. The fourth-order valence-electron chi connectivity index (χ4n) is 2.34. The van der Waals surface area contributed by atoms with Crippen LogP contribution in [0.15, 0.2) is 30.6 Å². The molecule has 8 nitrogen and oxygen atoms in total. The zero-order chi connectivity index (χ0) is 18.0. The van der Waals surface area contributed by atoms with E-state index in [1.807, 2.05) is 20.8 Å². The summed E-state index contributed by atoms with van der Waals surface area (Å²) in [4.78, 5) is 26.9. The maximum absolute atomic E-state index is 10.7. The molecule has 0 saturated carbocycles. The number of carboxylic acids is 1. The molecule has 0 bridgehead atoms. The Morgan fingerprint density at radius 2 is 1.92 bits per heavy atom. The average Bonchev–Trinajstić information content (AvgIpc) is 2.96. The van der Waals surface area contributed by atoms with E-state index in [-0.39, 0.29) is 12.0 Å². The maximum Gasteiger partial charge on any atom is 0.307 e. The first-order chi connectivity index (χ1) is 11.8. The second-order valence-corrected chi connectivity index (χ2v) is 6.76. The first-order valence-corrected chi connectivity index (χ1v) is 7.87. The Hall–Kier alpha value is -3.16. The van der Waals surface area contributed by atoms with Crippen molar-refractivity contribution in [3.05, 3.63) is 36.2 Å². The summed E-state index contributed by atoms with van der Waals surface area (Å²) >= 11 is 0. The minimum atomic E-state index is -0.856. The third kappa shape index (κ3) is 4.23. The van der Waals surface area contributed by atoms with E-state index in [1.165, 1.54) is 0 Å². The molecule has 0 aliphatic heterocycles. The number of H-pyrrole nitrogens is 1. The number of fused-ring (bicyclic) bond motifs is 1. The predicted molar refractivity (Wildman–Crippen MR) is 96.1 cm³/mol. The predicted octanol–water partition coefficient (Wildman–Crippen LogP) is 2.93. The molecule has 0 unspecified atom stereocenters. The van der Waals surface area contributed by atoms with Gasteiger partial charge >= 0.3 is 5.97 Å². The van der Waals surface area contributed by atoms with Crippen molar-refractivity contribution in [1.29, 1.82) is 0 Å². The van der Waals surface area contributed by atoms with Gasteiger partial charge in [-0.1, -0.05) is 12.1 Å². The van der Waals surface area contributed by atoms with Gasteiger partial charge in [-0.2, -0.15) is 9.97 Å². The Balaban J connectivity index is 1.87. The zero-order valence-corrected chi connectivity index (χ0v) is 14.3. The molecule has 2 aromatic heterocycles. The normalized spacial score (nSPS) is 11.5. The molecule has 0 amide bonds. The summed E-state index contributed by atoms with van der Waals surface area (Å²) in [6.07, 6.45) is 1.58. The summed E-state index contributed by atoms with van der Waals surface area (Å²) in [6, 6.07) is 7.12. The zero-order valence-electron chi connectivity index (χ0n) is 14.3. The number of carbonyl (C=O) groups is 1. The Kier molecular flexibility index (Phi) is 4.26. The van der Waals surface area contributed by atoms with Crippen molar-refractivity contribution in [1.82, 2.24) is 19.9 Å². The highest BCUT2D eigenvalue weighted by Gasteiger charge is 2.16. The van der Waals surface area contributed by atoms with Crippen molar-refractivity contribution in [2.24, 2.45) is 0 Å². The number of hydrogen-bond acceptors (Lipinski definition) is 6. The van der Waals surface area contributed by atoms with Gasteiger partial charge in [0.05, 0.1) is 12.7 Å². The van der Waals surface area contributed by atoms with Crippen LogP contribution in [0.25, 0.3) is 11.2 Å². The van der Waals surface area contributed by atoms with Crippen molar-refractivity contribution in [2.45, 2.75) is 32.7 Å². The largest absolute Gasteiger partial charge is 0.481 e. The Bertz CT molecular complexity index is 896. The topological polar surface area (TPSA) is 116 Å². The summed E-state index contributed by atoms with van der Waals surface area (Å²) in [6.45, 7) is 6.14. The molecule has 4 N–H and O–H groups in total. The van der Waals surface area contributed by atoms with Crippen molar-refractivity contribution in [2.75, 3.05) is 10.6 Å². The SMILES string of the molecule is CC(C)(C)Nc1nc(Nc2ccc(CC(=O)O)cc2)nc2nc[nH]c12. The lowest BCUT2D eigenvalue weighted by Gasteiger charge is -2.21. The molecular formula is C17H20N6O2. The van der Waals surface area contributed by atoms with Gasteiger partial charge < -0.3 is 20.7 Å². The number of anilines is 3. The molecule has 0 fully saturated rings. The van der Waals surface area contributed by atoms with Crippen molar-refractivity contribution in [3.8, 4) is 0 Å². The molecule has 3 rings (SSSR count). The van der Waals surface area contributed by atoms with E-state index < -0.39 is 5.97 Å². The number of nitrogens with one attached hydrogen (secondary N) is 3. The summed E-state index contributed by atoms with van der Waals surface area (Å²) in [5.74, 6) is 0.225. The highest BCUT2D eigenvalue weighted by atomic mass is 16.4. The van der Waals surface area contributed by atoms with Gasteiger partial charge in [-0.05, 0) is 38.5 Å². The van der Waals surface area contributed by atoms with Gasteiger partial charge in [-0.15, -0.1) is 0 Å². The number of aliphatic carboxylic acids is 1. The first kappa shape index (κ1) is 16.7. The van der Waals surface area contributed by atoms with E-state index in [1.54, 1.807) is 30.6 Å². The third-order valence-electron chi connectivity index (χ3n) is 3.34. The summed E-state index contributed by atoms with van der Waals surface area (Å²) in [5.41, 5.74) is 2.65. The Labute approximate surface area is 144 Å².